The van der Waals surface area contributed by atoms with Gasteiger partial charge in [-0.15, -0.1) is 0 Å². The van der Waals surface area contributed by atoms with E-state index in [0.29, 0.717) is 18.3 Å². The molecule has 7 heteroatoms. The Morgan fingerprint density at radius 3 is 2.75 bits per heavy atom. The lowest BCUT2D eigenvalue weighted by Crippen LogP contribution is -2.05. The molecule has 0 aliphatic carbocycles. The number of fused-ring (bicyclic) bond motifs is 1. The van der Waals surface area contributed by atoms with Crippen LogP contribution in [0.2, 0.25) is 0 Å². The lowest BCUT2D eigenvalue weighted by molar-refractivity contribution is 0.174. The maximum atomic E-state index is 5.59. The minimum Gasteiger partial charge on any atom is -0.463 e. The van der Waals surface area contributed by atoms with Crippen molar-refractivity contribution in [3.8, 4) is 34.1 Å². The molecule has 3 aromatic heterocycles. The maximum absolute atomic E-state index is 5.59. The summed E-state index contributed by atoms with van der Waals surface area (Å²) in [7, 11) is 0. The minimum absolute atomic E-state index is 0.262. The largest absolute Gasteiger partial charge is 0.463 e. The van der Waals surface area contributed by atoms with E-state index in [0.717, 1.165) is 33.9 Å². The Hall–Kier alpha value is -3.87. The van der Waals surface area contributed by atoms with Crippen LogP contribution in [0.5, 0.6) is 11.5 Å². The molecule has 1 aliphatic heterocycles. The minimum atomic E-state index is 0.262. The van der Waals surface area contributed by atoms with Gasteiger partial charge in [-0.1, -0.05) is 6.07 Å². The van der Waals surface area contributed by atoms with E-state index in [4.69, 9.17) is 13.9 Å². The van der Waals surface area contributed by atoms with Crippen molar-refractivity contribution >= 4 is 5.95 Å². The van der Waals surface area contributed by atoms with Crippen molar-refractivity contribution in [1.82, 2.24) is 15.0 Å². The number of nitrogens with one attached hydrogen (secondary N) is 1. The van der Waals surface area contributed by atoms with E-state index in [2.05, 4.69) is 20.3 Å². The Balaban J connectivity index is 1.43. The first-order valence-electron chi connectivity index (χ1n) is 8.80. The third kappa shape index (κ3) is 3.14. The molecule has 0 unspecified atom stereocenters. The van der Waals surface area contributed by atoms with E-state index in [9.17, 15) is 0 Å². The molecular formula is C21H16N4O3. The standard InChI is InChI=1S/C21H16N4O3/c1-2-18(26-9-1)20-16(15-5-7-22-8-6-15)12-24-21(25-20)23-11-14-3-4-17-19(10-14)28-13-27-17/h1-10,12H,11,13H2,(H,23,24,25). The van der Waals surface area contributed by atoms with Crippen LogP contribution in [0.1, 0.15) is 5.56 Å². The van der Waals surface area contributed by atoms with Crippen LogP contribution in [0.3, 0.4) is 0 Å². The highest BCUT2D eigenvalue weighted by Crippen LogP contribution is 2.33. The average Bonchev–Trinajstić information content (AvgIpc) is 3.44. The number of benzene rings is 1. The molecule has 138 valence electrons. The van der Waals surface area contributed by atoms with Gasteiger partial charge in [-0.2, -0.15) is 0 Å². The molecule has 7 nitrogen and oxygen atoms in total. The van der Waals surface area contributed by atoms with E-state index in [1.54, 1.807) is 24.9 Å². The molecule has 28 heavy (non-hydrogen) atoms. The lowest BCUT2D eigenvalue weighted by Gasteiger charge is -2.10. The topological polar surface area (TPSA) is 82.3 Å². The fraction of sp³-hybridized carbons (Fsp3) is 0.0952. The van der Waals surface area contributed by atoms with E-state index >= 15 is 0 Å². The quantitative estimate of drug-likeness (QED) is 0.564. The first kappa shape index (κ1) is 16.3. The molecular weight excluding hydrogens is 356 g/mol. The van der Waals surface area contributed by atoms with Crippen LogP contribution in [0.25, 0.3) is 22.6 Å². The summed E-state index contributed by atoms with van der Waals surface area (Å²) in [6.07, 6.45) is 6.91. The number of hydrogen-bond donors (Lipinski definition) is 1. The zero-order valence-corrected chi connectivity index (χ0v) is 14.8. The summed E-state index contributed by atoms with van der Waals surface area (Å²) in [6.45, 7) is 0.821. The molecule has 0 fully saturated rings. The van der Waals surface area contributed by atoms with Gasteiger partial charge < -0.3 is 19.2 Å². The first-order valence-corrected chi connectivity index (χ1v) is 8.80. The van der Waals surface area contributed by atoms with Gasteiger partial charge in [-0.05, 0) is 47.5 Å². The van der Waals surface area contributed by atoms with Crippen LogP contribution < -0.4 is 14.8 Å². The molecule has 0 saturated heterocycles. The fourth-order valence-electron chi connectivity index (χ4n) is 3.04. The normalized spacial score (nSPS) is 12.1. The molecule has 0 radical (unpaired) electrons. The summed E-state index contributed by atoms with van der Waals surface area (Å²) >= 11 is 0. The number of ether oxygens (including phenoxy) is 2. The van der Waals surface area contributed by atoms with Crippen molar-refractivity contribution in [2.45, 2.75) is 6.54 Å². The molecule has 0 spiro atoms. The van der Waals surface area contributed by atoms with Crippen molar-refractivity contribution in [1.29, 1.82) is 0 Å². The summed E-state index contributed by atoms with van der Waals surface area (Å²) in [5, 5.41) is 3.26. The molecule has 4 aromatic rings. The number of aromatic nitrogens is 3. The highest BCUT2D eigenvalue weighted by molar-refractivity contribution is 5.78. The van der Waals surface area contributed by atoms with Crippen molar-refractivity contribution < 1.29 is 13.9 Å². The summed E-state index contributed by atoms with van der Waals surface area (Å²) in [5.74, 6) is 2.72. The summed E-state index contributed by atoms with van der Waals surface area (Å²) < 4.78 is 16.4. The van der Waals surface area contributed by atoms with Crippen LogP contribution in [0.15, 0.2) is 71.7 Å². The number of anilines is 1. The zero-order chi connectivity index (χ0) is 18.8. The molecule has 0 atom stereocenters. The molecule has 1 N–H and O–H groups in total. The molecule has 0 saturated carbocycles. The average molecular weight is 372 g/mol. The van der Waals surface area contributed by atoms with E-state index < -0.39 is 0 Å². The lowest BCUT2D eigenvalue weighted by atomic mass is 10.1. The van der Waals surface area contributed by atoms with E-state index in [-0.39, 0.29) is 6.79 Å². The highest BCUT2D eigenvalue weighted by atomic mass is 16.7. The smallest absolute Gasteiger partial charge is 0.231 e. The van der Waals surface area contributed by atoms with Gasteiger partial charge in [0.05, 0.1) is 6.26 Å². The molecule has 1 aromatic carbocycles. The molecule has 0 bridgehead atoms. The predicted octanol–water partition coefficient (Wildman–Crippen LogP) is 4.14. The van der Waals surface area contributed by atoms with Gasteiger partial charge >= 0.3 is 0 Å². The fourth-order valence-corrected chi connectivity index (χ4v) is 3.04. The van der Waals surface area contributed by atoms with Crippen molar-refractivity contribution in [3.05, 3.63) is 72.9 Å². The van der Waals surface area contributed by atoms with Gasteiger partial charge in [0.1, 0.15) is 5.69 Å². The van der Waals surface area contributed by atoms with Crippen molar-refractivity contribution in [2.24, 2.45) is 0 Å². The van der Waals surface area contributed by atoms with Crippen LogP contribution >= 0.6 is 0 Å². The molecule has 0 amide bonds. The van der Waals surface area contributed by atoms with Gasteiger partial charge in [-0.25, -0.2) is 9.97 Å². The summed E-state index contributed by atoms with van der Waals surface area (Å²) in [6, 6.07) is 13.4. The zero-order valence-electron chi connectivity index (χ0n) is 14.8. The van der Waals surface area contributed by atoms with Gasteiger partial charge in [0, 0.05) is 30.7 Å². The Bertz CT molecular complexity index is 1100. The first-order chi connectivity index (χ1) is 13.9. The van der Waals surface area contributed by atoms with Crippen LogP contribution in [-0.2, 0) is 6.54 Å². The second-order valence-electron chi connectivity index (χ2n) is 6.21. The Morgan fingerprint density at radius 2 is 1.89 bits per heavy atom. The van der Waals surface area contributed by atoms with Crippen LogP contribution in [-0.4, -0.2) is 21.7 Å². The molecule has 1 aliphatic rings. The number of pyridine rings is 1. The monoisotopic (exact) mass is 372 g/mol. The van der Waals surface area contributed by atoms with Gasteiger partial charge in [-0.3, -0.25) is 4.98 Å². The predicted molar refractivity (Wildman–Crippen MR) is 103 cm³/mol. The second-order valence-corrected chi connectivity index (χ2v) is 6.21. The van der Waals surface area contributed by atoms with Gasteiger partial charge in [0.2, 0.25) is 12.7 Å². The molecule has 4 heterocycles. The van der Waals surface area contributed by atoms with Crippen LogP contribution in [0.4, 0.5) is 5.95 Å². The Labute approximate surface area is 161 Å². The Kier molecular flexibility index (Phi) is 4.10. The van der Waals surface area contributed by atoms with Crippen molar-refractivity contribution in [2.75, 3.05) is 12.1 Å². The van der Waals surface area contributed by atoms with Crippen LogP contribution in [0, 0.1) is 0 Å². The van der Waals surface area contributed by atoms with E-state index in [1.165, 1.54) is 0 Å². The van der Waals surface area contributed by atoms with Crippen molar-refractivity contribution in [3.63, 3.8) is 0 Å². The van der Waals surface area contributed by atoms with E-state index in [1.807, 2.05) is 42.5 Å². The number of rotatable bonds is 5. The number of hydrogen-bond acceptors (Lipinski definition) is 7. The third-order valence-electron chi connectivity index (χ3n) is 4.42. The SMILES string of the molecule is c1coc(-c2nc(NCc3ccc4c(c3)OCO4)ncc2-c2ccncc2)c1. The molecule has 5 rings (SSSR count). The summed E-state index contributed by atoms with van der Waals surface area (Å²) in [5.41, 5.74) is 3.62. The third-order valence-corrected chi connectivity index (χ3v) is 4.42. The highest BCUT2D eigenvalue weighted by Gasteiger charge is 2.15. The summed E-state index contributed by atoms with van der Waals surface area (Å²) in [4.78, 5) is 13.2. The van der Waals surface area contributed by atoms with Gasteiger partial charge in [0.25, 0.3) is 0 Å². The number of furan rings is 1. The second kappa shape index (κ2) is 7.03. The number of nitrogens with zero attached hydrogens (tertiary/aromatic N) is 3. The maximum Gasteiger partial charge on any atom is 0.231 e. The van der Waals surface area contributed by atoms with Gasteiger partial charge in [0.15, 0.2) is 17.3 Å². The Morgan fingerprint density at radius 1 is 1.00 bits per heavy atom.